The molecule has 0 spiro atoms. The zero-order valence-corrected chi connectivity index (χ0v) is 16.6. The summed E-state index contributed by atoms with van der Waals surface area (Å²) in [4.78, 5) is 26.6. The summed E-state index contributed by atoms with van der Waals surface area (Å²) >= 11 is 0. The molecule has 27 heavy (non-hydrogen) atoms. The molecule has 2 N–H and O–H groups in total. The quantitative estimate of drug-likeness (QED) is 0.673. The normalized spacial score (nSPS) is 31.3. The second kappa shape index (κ2) is 7.57. The molecule has 0 aromatic rings. The van der Waals surface area contributed by atoms with E-state index in [0.29, 0.717) is 32.5 Å². The summed E-state index contributed by atoms with van der Waals surface area (Å²) in [5, 5.41) is 14.0. The SMILES string of the molecule is CC(CNC(=O)CCC1CCC1)C1(O)CCN(C(=O)C2CC(=C3CC3)C2)C1. The number of amides is 2. The van der Waals surface area contributed by atoms with Crippen LogP contribution < -0.4 is 5.32 Å². The first-order valence-electron chi connectivity index (χ1n) is 10.9. The van der Waals surface area contributed by atoms with E-state index in [1.54, 1.807) is 5.57 Å². The molecule has 0 radical (unpaired) electrons. The fourth-order valence-corrected chi connectivity index (χ4v) is 4.74. The molecule has 1 aliphatic heterocycles. The number of allylic oxidation sites excluding steroid dienone is 2. The number of carbonyl (C=O) groups is 2. The van der Waals surface area contributed by atoms with Gasteiger partial charge in [0.25, 0.3) is 0 Å². The van der Waals surface area contributed by atoms with Crippen molar-refractivity contribution in [2.45, 2.75) is 76.7 Å². The van der Waals surface area contributed by atoms with E-state index in [9.17, 15) is 14.7 Å². The lowest BCUT2D eigenvalue weighted by molar-refractivity contribution is -0.137. The maximum atomic E-state index is 12.7. The minimum Gasteiger partial charge on any atom is -0.388 e. The van der Waals surface area contributed by atoms with Crippen LogP contribution in [0.1, 0.15) is 71.1 Å². The Morgan fingerprint density at radius 2 is 2.00 bits per heavy atom. The highest BCUT2D eigenvalue weighted by molar-refractivity contribution is 5.81. The molecular weight excluding hydrogens is 340 g/mol. The molecule has 5 nitrogen and oxygen atoms in total. The van der Waals surface area contributed by atoms with Crippen molar-refractivity contribution in [3.05, 3.63) is 11.1 Å². The van der Waals surface area contributed by atoms with Crippen molar-refractivity contribution in [3.8, 4) is 0 Å². The van der Waals surface area contributed by atoms with E-state index in [1.165, 1.54) is 37.7 Å². The first-order chi connectivity index (χ1) is 12.9. The van der Waals surface area contributed by atoms with Crippen LogP contribution in [0.25, 0.3) is 0 Å². The maximum Gasteiger partial charge on any atom is 0.226 e. The van der Waals surface area contributed by atoms with E-state index < -0.39 is 5.60 Å². The molecule has 0 aromatic carbocycles. The van der Waals surface area contributed by atoms with Gasteiger partial charge in [-0.05, 0) is 44.4 Å². The van der Waals surface area contributed by atoms with Gasteiger partial charge in [-0.15, -0.1) is 0 Å². The van der Waals surface area contributed by atoms with Gasteiger partial charge in [-0.1, -0.05) is 37.3 Å². The van der Waals surface area contributed by atoms with E-state index in [0.717, 1.165) is 25.2 Å². The number of hydrogen-bond donors (Lipinski definition) is 2. The van der Waals surface area contributed by atoms with Gasteiger partial charge in [0.15, 0.2) is 0 Å². The highest BCUT2D eigenvalue weighted by Crippen LogP contribution is 2.45. The van der Waals surface area contributed by atoms with Gasteiger partial charge < -0.3 is 15.3 Å². The number of β-amino-alcohol motifs (C(OH)–C–C–N with tert-alkyl or cyclic N) is 1. The van der Waals surface area contributed by atoms with Crippen molar-refractivity contribution in [3.63, 3.8) is 0 Å². The van der Waals surface area contributed by atoms with Crippen LogP contribution in [0.2, 0.25) is 0 Å². The van der Waals surface area contributed by atoms with E-state index in [4.69, 9.17) is 0 Å². The Hall–Kier alpha value is -1.36. The average Bonchev–Trinajstić information content (AvgIpc) is 3.30. The van der Waals surface area contributed by atoms with Gasteiger partial charge in [-0.2, -0.15) is 0 Å². The molecule has 4 aliphatic rings. The largest absolute Gasteiger partial charge is 0.388 e. The number of aliphatic hydroxyl groups is 1. The molecular formula is C22H34N2O3. The Bertz CT molecular complexity index is 625. The molecule has 5 heteroatoms. The molecule has 2 amide bonds. The van der Waals surface area contributed by atoms with Gasteiger partial charge in [-0.3, -0.25) is 9.59 Å². The molecule has 4 rings (SSSR count). The van der Waals surface area contributed by atoms with Crippen molar-refractivity contribution in [2.24, 2.45) is 17.8 Å². The van der Waals surface area contributed by atoms with Gasteiger partial charge in [0.05, 0.1) is 5.60 Å². The van der Waals surface area contributed by atoms with E-state index in [-0.39, 0.29) is 23.7 Å². The predicted octanol–water partition coefficient (Wildman–Crippen LogP) is 2.78. The predicted molar refractivity (Wildman–Crippen MR) is 104 cm³/mol. The smallest absolute Gasteiger partial charge is 0.226 e. The first kappa shape index (κ1) is 19.0. The van der Waals surface area contributed by atoms with Crippen molar-refractivity contribution in [1.29, 1.82) is 0 Å². The highest BCUT2D eigenvalue weighted by atomic mass is 16.3. The lowest BCUT2D eigenvalue weighted by atomic mass is 9.78. The molecule has 0 bridgehead atoms. The first-order valence-corrected chi connectivity index (χ1v) is 10.9. The third-order valence-corrected chi connectivity index (χ3v) is 7.45. The molecule has 150 valence electrons. The second-order valence-corrected chi connectivity index (χ2v) is 9.47. The summed E-state index contributed by atoms with van der Waals surface area (Å²) in [6.45, 7) is 3.52. The van der Waals surface area contributed by atoms with Crippen LogP contribution in [-0.4, -0.2) is 47.1 Å². The maximum absolute atomic E-state index is 12.7. The molecule has 1 saturated heterocycles. The van der Waals surface area contributed by atoms with Crippen LogP contribution in [0.4, 0.5) is 0 Å². The summed E-state index contributed by atoms with van der Waals surface area (Å²) in [5.41, 5.74) is 2.22. The molecule has 2 atom stereocenters. The summed E-state index contributed by atoms with van der Waals surface area (Å²) in [7, 11) is 0. The number of likely N-dealkylation sites (tertiary alicyclic amines) is 1. The van der Waals surface area contributed by atoms with E-state index in [1.807, 2.05) is 11.8 Å². The Kier molecular flexibility index (Phi) is 5.32. The molecule has 3 saturated carbocycles. The second-order valence-electron chi connectivity index (χ2n) is 9.47. The zero-order chi connectivity index (χ0) is 19.0. The van der Waals surface area contributed by atoms with Gasteiger partial charge in [0.1, 0.15) is 0 Å². The van der Waals surface area contributed by atoms with Gasteiger partial charge in [-0.25, -0.2) is 0 Å². The van der Waals surface area contributed by atoms with Crippen molar-refractivity contribution < 1.29 is 14.7 Å². The molecule has 4 fully saturated rings. The Labute approximate surface area is 162 Å². The zero-order valence-electron chi connectivity index (χ0n) is 16.6. The van der Waals surface area contributed by atoms with Crippen LogP contribution in [0.15, 0.2) is 11.1 Å². The number of hydrogen-bond acceptors (Lipinski definition) is 3. The third kappa shape index (κ3) is 4.23. The Balaban J connectivity index is 1.19. The number of nitrogens with one attached hydrogen (secondary N) is 1. The highest BCUT2D eigenvalue weighted by Gasteiger charge is 2.45. The molecule has 3 aliphatic carbocycles. The minimum atomic E-state index is -0.877. The Morgan fingerprint density at radius 3 is 2.63 bits per heavy atom. The van der Waals surface area contributed by atoms with Crippen molar-refractivity contribution in [1.82, 2.24) is 10.2 Å². The molecule has 0 aromatic heterocycles. The molecule has 2 unspecified atom stereocenters. The van der Waals surface area contributed by atoms with Crippen molar-refractivity contribution >= 4 is 11.8 Å². The fraction of sp³-hybridized carbons (Fsp3) is 0.818. The van der Waals surface area contributed by atoms with Crippen LogP contribution in [0.5, 0.6) is 0 Å². The minimum absolute atomic E-state index is 0.0477. The van der Waals surface area contributed by atoms with E-state index in [2.05, 4.69) is 5.32 Å². The van der Waals surface area contributed by atoms with Crippen LogP contribution >= 0.6 is 0 Å². The van der Waals surface area contributed by atoms with Crippen LogP contribution in [-0.2, 0) is 9.59 Å². The lowest BCUT2D eigenvalue weighted by Gasteiger charge is -2.34. The summed E-state index contributed by atoms with van der Waals surface area (Å²) in [5.74, 6) is 1.14. The van der Waals surface area contributed by atoms with E-state index >= 15 is 0 Å². The van der Waals surface area contributed by atoms with Crippen LogP contribution in [0, 0.1) is 17.8 Å². The van der Waals surface area contributed by atoms with Crippen molar-refractivity contribution in [2.75, 3.05) is 19.6 Å². The standard InChI is InChI=1S/C22H34N2O3/c1-15(13-23-20(25)8-5-16-3-2-4-16)22(27)9-10-24(14-22)21(26)19-11-18(12-19)17-6-7-17/h15-16,19,27H,2-14H2,1H3,(H,23,25). The molecule has 1 heterocycles. The fourth-order valence-electron chi connectivity index (χ4n) is 4.74. The van der Waals surface area contributed by atoms with Gasteiger partial charge in [0, 0.05) is 37.9 Å². The lowest BCUT2D eigenvalue weighted by Crippen LogP contribution is -2.47. The summed E-state index contributed by atoms with van der Waals surface area (Å²) in [6.07, 6.45) is 10.4. The number of nitrogens with zero attached hydrogens (tertiary/aromatic N) is 1. The number of carbonyl (C=O) groups excluding carboxylic acids is 2. The topological polar surface area (TPSA) is 69.6 Å². The number of rotatable bonds is 7. The summed E-state index contributed by atoms with van der Waals surface area (Å²) in [6, 6.07) is 0. The van der Waals surface area contributed by atoms with Gasteiger partial charge >= 0.3 is 0 Å². The van der Waals surface area contributed by atoms with Gasteiger partial charge in [0.2, 0.25) is 11.8 Å². The summed E-state index contributed by atoms with van der Waals surface area (Å²) < 4.78 is 0. The third-order valence-electron chi connectivity index (χ3n) is 7.45. The monoisotopic (exact) mass is 374 g/mol. The Morgan fingerprint density at radius 1 is 1.26 bits per heavy atom. The van der Waals surface area contributed by atoms with Crippen LogP contribution in [0.3, 0.4) is 0 Å². The average molecular weight is 375 g/mol.